The molecule has 2 heterocycles. The van der Waals surface area contributed by atoms with E-state index in [0.717, 1.165) is 43.2 Å². The second-order valence-corrected chi connectivity index (χ2v) is 9.31. The van der Waals surface area contributed by atoms with E-state index in [2.05, 4.69) is 6.92 Å². The van der Waals surface area contributed by atoms with Crippen LogP contribution in [0.4, 0.5) is 0 Å². The summed E-state index contributed by atoms with van der Waals surface area (Å²) in [7, 11) is 1.49. The molecule has 1 aliphatic heterocycles. The highest BCUT2D eigenvalue weighted by Crippen LogP contribution is 2.44. The molecule has 1 saturated carbocycles. The zero-order chi connectivity index (χ0) is 24.0. The average molecular weight is 480 g/mol. The Balaban J connectivity index is 1.61. The SMILES string of the molecule is CCc1ccc(C2C(C(=O)c3cc4cc(Cl)cc(OC)c4o3)=C(O)C(=O)N2C2CCCC2)cc1. The van der Waals surface area contributed by atoms with Crippen LogP contribution in [0, 0.1) is 0 Å². The fraction of sp³-hybridized carbons (Fsp3) is 0.333. The van der Waals surface area contributed by atoms with Crippen molar-refractivity contribution in [3.8, 4) is 5.75 Å². The molecule has 0 spiro atoms. The Morgan fingerprint density at radius 3 is 2.53 bits per heavy atom. The van der Waals surface area contributed by atoms with E-state index in [4.69, 9.17) is 20.8 Å². The maximum Gasteiger partial charge on any atom is 0.290 e. The van der Waals surface area contributed by atoms with Crippen LogP contribution < -0.4 is 4.74 Å². The van der Waals surface area contributed by atoms with Crippen LogP contribution in [-0.2, 0) is 11.2 Å². The molecule has 1 aromatic heterocycles. The van der Waals surface area contributed by atoms with Gasteiger partial charge in [0.05, 0.1) is 18.7 Å². The summed E-state index contributed by atoms with van der Waals surface area (Å²) < 4.78 is 11.2. The lowest BCUT2D eigenvalue weighted by Crippen LogP contribution is -2.38. The number of rotatable bonds is 6. The number of methoxy groups -OCH3 is 1. The van der Waals surface area contributed by atoms with Gasteiger partial charge in [0.15, 0.2) is 22.9 Å². The number of carbonyl (C=O) groups excluding carboxylic acids is 2. The Morgan fingerprint density at radius 1 is 1.18 bits per heavy atom. The van der Waals surface area contributed by atoms with E-state index in [9.17, 15) is 14.7 Å². The normalized spacial score (nSPS) is 19.0. The van der Waals surface area contributed by atoms with E-state index in [-0.39, 0.29) is 17.4 Å². The van der Waals surface area contributed by atoms with Gasteiger partial charge >= 0.3 is 0 Å². The maximum absolute atomic E-state index is 13.8. The van der Waals surface area contributed by atoms with Crippen molar-refractivity contribution in [2.45, 2.75) is 51.1 Å². The fourth-order valence-electron chi connectivity index (χ4n) is 5.16. The van der Waals surface area contributed by atoms with Gasteiger partial charge in [-0.3, -0.25) is 9.59 Å². The van der Waals surface area contributed by atoms with Gasteiger partial charge in [0.2, 0.25) is 5.78 Å². The lowest BCUT2D eigenvalue weighted by Gasteiger charge is -2.32. The third kappa shape index (κ3) is 3.66. The predicted molar refractivity (Wildman–Crippen MR) is 129 cm³/mol. The number of fused-ring (bicyclic) bond motifs is 1. The van der Waals surface area contributed by atoms with Crippen LogP contribution in [0.1, 0.15) is 60.3 Å². The van der Waals surface area contributed by atoms with E-state index in [0.29, 0.717) is 21.7 Å². The number of aliphatic hydroxyl groups excluding tert-OH is 1. The Bertz CT molecular complexity index is 1300. The quantitative estimate of drug-likeness (QED) is 0.427. The largest absolute Gasteiger partial charge is 0.503 e. The van der Waals surface area contributed by atoms with Gasteiger partial charge in [-0.15, -0.1) is 0 Å². The average Bonchev–Trinajstić information content (AvgIpc) is 3.57. The summed E-state index contributed by atoms with van der Waals surface area (Å²) in [4.78, 5) is 28.7. The minimum atomic E-state index is -0.673. The summed E-state index contributed by atoms with van der Waals surface area (Å²) in [6.07, 6.45) is 4.62. The van der Waals surface area contributed by atoms with Crippen LogP contribution in [0.3, 0.4) is 0 Å². The molecule has 1 unspecified atom stereocenters. The van der Waals surface area contributed by atoms with Crippen LogP contribution in [0.25, 0.3) is 11.0 Å². The van der Waals surface area contributed by atoms with E-state index in [1.54, 1.807) is 23.1 Å². The zero-order valence-electron chi connectivity index (χ0n) is 19.1. The number of aliphatic hydroxyl groups is 1. The third-order valence-electron chi connectivity index (χ3n) is 6.90. The molecule has 1 amide bonds. The molecule has 0 bridgehead atoms. The number of benzene rings is 2. The first-order chi connectivity index (χ1) is 16.4. The highest BCUT2D eigenvalue weighted by atomic mass is 35.5. The van der Waals surface area contributed by atoms with E-state index in [1.165, 1.54) is 7.11 Å². The highest BCUT2D eigenvalue weighted by molar-refractivity contribution is 6.31. The van der Waals surface area contributed by atoms with Crippen molar-refractivity contribution in [1.29, 1.82) is 0 Å². The number of hydrogen-bond donors (Lipinski definition) is 1. The monoisotopic (exact) mass is 479 g/mol. The van der Waals surface area contributed by atoms with Gasteiger partial charge in [-0.2, -0.15) is 0 Å². The van der Waals surface area contributed by atoms with Crippen molar-refractivity contribution in [3.63, 3.8) is 0 Å². The van der Waals surface area contributed by atoms with Crippen molar-refractivity contribution in [2.75, 3.05) is 7.11 Å². The highest BCUT2D eigenvalue weighted by Gasteiger charge is 2.47. The first kappa shape index (κ1) is 22.5. The predicted octanol–water partition coefficient (Wildman–Crippen LogP) is 6.18. The standard InChI is InChI=1S/C27H26ClNO5/c1-3-15-8-10-16(11-9-15)23-22(25(31)27(32)29(23)19-6-4-5-7-19)24(30)20-13-17-12-18(28)14-21(33-2)26(17)34-20/h8-14,19,23,31H,3-7H2,1-2H3. The summed E-state index contributed by atoms with van der Waals surface area (Å²) in [5.41, 5.74) is 2.38. The minimum absolute atomic E-state index is 0.0216. The molecule has 3 aromatic rings. The lowest BCUT2D eigenvalue weighted by atomic mass is 9.93. The van der Waals surface area contributed by atoms with Crippen LogP contribution in [0.2, 0.25) is 5.02 Å². The number of aryl methyl sites for hydroxylation is 1. The number of furan rings is 1. The first-order valence-electron chi connectivity index (χ1n) is 11.6. The fourth-order valence-corrected chi connectivity index (χ4v) is 5.38. The number of Topliss-reactive ketones (excluding diaryl/α,β-unsaturated/α-hetero) is 1. The minimum Gasteiger partial charge on any atom is -0.503 e. The van der Waals surface area contributed by atoms with Gasteiger partial charge in [-0.25, -0.2) is 0 Å². The second-order valence-electron chi connectivity index (χ2n) is 8.88. The van der Waals surface area contributed by atoms with Crippen LogP contribution in [0.5, 0.6) is 5.75 Å². The van der Waals surface area contributed by atoms with Crippen molar-refractivity contribution in [3.05, 3.63) is 75.7 Å². The summed E-state index contributed by atoms with van der Waals surface area (Å²) in [5.74, 6) is -1.11. The second kappa shape index (κ2) is 8.84. The molecular weight excluding hydrogens is 454 g/mol. The van der Waals surface area contributed by atoms with Crippen LogP contribution in [0.15, 0.2) is 58.2 Å². The lowest BCUT2D eigenvalue weighted by molar-refractivity contribution is -0.131. The summed E-state index contributed by atoms with van der Waals surface area (Å²) in [6.45, 7) is 2.07. The summed E-state index contributed by atoms with van der Waals surface area (Å²) in [6, 6.07) is 12.0. The van der Waals surface area contributed by atoms with Gasteiger partial charge in [0.25, 0.3) is 5.91 Å². The van der Waals surface area contributed by atoms with Crippen LogP contribution in [-0.4, -0.2) is 34.8 Å². The Morgan fingerprint density at radius 2 is 1.88 bits per heavy atom. The molecule has 0 saturated heterocycles. The number of nitrogens with zero attached hydrogens (tertiary/aromatic N) is 1. The number of carbonyl (C=O) groups is 2. The van der Waals surface area contributed by atoms with Crippen molar-refractivity contribution in [2.24, 2.45) is 0 Å². The van der Waals surface area contributed by atoms with Crippen molar-refractivity contribution >= 4 is 34.3 Å². The molecule has 2 aliphatic rings. The number of amides is 1. The molecule has 2 aromatic carbocycles. The third-order valence-corrected chi connectivity index (χ3v) is 7.12. The molecule has 1 N–H and O–H groups in total. The van der Waals surface area contributed by atoms with Gasteiger partial charge in [0, 0.05) is 22.5 Å². The Hall–Kier alpha value is -3.25. The molecule has 0 radical (unpaired) electrons. The number of ketones is 1. The van der Waals surface area contributed by atoms with E-state index < -0.39 is 23.5 Å². The van der Waals surface area contributed by atoms with Gasteiger partial charge in [-0.1, -0.05) is 55.6 Å². The smallest absolute Gasteiger partial charge is 0.290 e. The molecule has 1 atom stereocenters. The maximum atomic E-state index is 13.8. The Labute approximate surface area is 202 Å². The zero-order valence-corrected chi connectivity index (χ0v) is 19.9. The number of halogens is 1. The first-order valence-corrected chi connectivity index (χ1v) is 12.0. The summed E-state index contributed by atoms with van der Waals surface area (Å²) in [5, 5.41) is 12.0. The molecule has 1 fully saturated rings. The molecule has 7 heteroatoms. The topological polar surface area (TPSA) is 80.0 Å². The summed E-state index contributed by atoms with van der Waals surface area (Å²) >= 11 is 6.17. The van der Waals surface area contributed by atoms with E-state index >= 15 is 0 Å². The number of hydrogen-bond acceptors (Lipinski definition) is 5. The van der Waals surface area contributed by atoms with E-state index in [1.807, 2.05) is 24.3 Å². The van der Waals surface area contributed by atoms with Gasteiger partial charge < -0.3 is 19.2 Å². The van der Waals surface area contributed by atoms with Gasteiger partial charge in [-0.05, 0) is 42.5 Å². The molecular formula is C27H26ClNO5. The van der Waals surface area contributed by atoms with Crippen molar-refractivity contribution in [1.82, 2.24) is 4.90 Å². The molecule has 6 nitrogen and oxygen atoms in total. The number of ether oxygens (including phenoxy) is 1. The molecule has 176 valence electrons. The molecule has 34 heavy (non-hydrogen) atoms. The van der Waals surface area contributed by atoms with Crippen LogP contribution >= 0.6 is 11.6 Å². The Kier molecular flexibility index (Phi) is 5.86. The molecule has 1 aliphatic carbocycles. The van der Waals surface area contributed by atoms with Crippen molar-refractivity contribution < 1.29 is 23.8 Å². The van der Waals surface area contributed by atoms with Gasteiger partial charge in [0.1, 0.15) is 0 Å². The molecule has 5 rings (SSSR count).